The van der Waals surface area contributed by atoms with E-state index in [0.717, 1.165) is 0 Å². The van der Waals surface area contributed by atoms with Crippen LogP contribution in [-0.4, -0.2) is 28.3 Å². The van der Waals surface area contributed by atoms with E-state index in [1.165, 1.54) is 12.4 Å². The van der Waals surface area contributed by atoms with Crippen LogP contribution in [0.1, 0.15) is 29.5 Å². The highest BCUT2D eigenvalue weighted by Crippen LogP contribution is 2.01. The lowest BCUT2D eigenvalue weighted by Gasteiger charge is -2.00. The highest BCUT2D eigenvalue weighted by atomic mass is 16.5. The maximum absolute atomic E-state index is 11.5. The van der Waals surface area contributed by atoms with Crippen LogP contribution in [0.4, 0.5) is 0 Å². The van der Waals surface area contributed by atoms with Crippen molar-refractivity contribution in [2.24, 2.45) is 0 Å². The predicted octanol–water partition coefficient (Wildman–Crippen LogP) is 0.921. The molecule has 1 heterocycles. The number of ketones is 1. The number of aryl methyl sites for hydroxylation is 1. The summed E-state index contributed by atoms with van der Waals surface area (Å²) in [5.74, 6) is -0.265. The van der Waals surface area contributed by atoms with Gasteiger partial charge in [-0.25, -0.2) is 9.97 Å². The van der Waals surface area contributed by atoms with E-state index in [0.29, 0.717) is 11.4 Å². The quantitative estimate of drug-likeness (QED) is 0.418. The van der Waals surface area contributed by atoms with Crippen molar-refractivity contribution in [2.75, 3.05) is 6.61 Å². The van der Waals surface area contributed by atoms with Gasteiger partial charge in [0, 0.05) is 12.4 Å². The molecule has 0 saturated heterocycles. The fraction of sp³-hybridized carbons (Fsp3) is 0.400. The van der Waals surface area contributed by atoms with Gasteiger partial charge in [0.15, 0.2) is 5.78 Å². The molecular formula is C10H12N2O3. The molecule has 80 valence electrons. The van der Waals surface area contributed by atoms with Gasteiger partial charge in [0.1, 0.15) is 12.2 Å². The van der Waals surface area contributed by atoms with Gasteiger partial charge in [0.2, 0.25) is 0 Å². The van der Waals surface area contributed by atoms with E-state index in [1.807, 2.05) is 0 Å². The van der Waals surface area contributed by atoms with E-state index in [9.17, 15) is 9.59 Å². The molecule has 1 aromatic rings. The van der Waals surface area contributed by atoms with Crippen molar-refractivity contribution in [1.29, 1.82) is 0 Å². The first-order chi connectivity index (χ1) is 7.13. The number of nitrogens with zero attached hydrogens (tertiary/aromatic N) is 2. The highest BCUT2D eigenvalue weighted by molar-refractivity contribution is 6.05. The predicted molar refractivity (Wildman–Crippen MR) is 52.3 cm³/mol. The molecule has 0 saturated carbocycles. The summed E-state index contributed by atoms with van der Waals surface area (Å²) in [4.78, 5) is 30.2. The van der Waals surface area contributed by atoms with Crippen molar-refractivity contribution in [3.63, 3.8) is 0 Å². The van der Waals surface area contributed by atoms with Gasteiger partial charge in [-0.1, -0.05) is 0 Å². The van der Waals surface area contributed by atoms with E-state index in [4.69, 9.17) is 0 Å². The van der Waals surface area contributed by atoms with Gasteiger partial charge in [-0.3, -0.25) is 9.59 Å². The molecule has 5 heteroatoms. The summed E-state index contributed by atoms with van der Waals surface area (Å²) in [6.07, 6.45) is 2.55. The fourth-order valence-electron chi connectivity index (χ4n) is 0.982. The molecule has 15 heavy (non-hydrogen) atoms. The van der Waals surface area contributed by atoms with Crippen LogP contribution in [0.5, 0.6) is 0 Å². The van der Waals surface area contributed by atoms with Crippen LogP contribution >= 0.6 is 0 Å². The number of hydrogen-bond donors (Lipinski definition) is 0. The molecule has 0 amide bonds. The summed E-state index contributed by atoms with van der Waals surface area (Å²) in [6.45, 7) is 3.69. The van der Waals surface area contributed by atoms with Crippen LogP contribution in [-0.2, 0) is 9.53 Å². The van der Waals surface area contributed by atoms with Gasteiger partial charge in [0.25, 0.3) is 0 Å². The summed E-state index contributed by atoms with van der Waals surface area (Å²) in [7, 11) is 0. The molecule has 5 nitrogen and oxygen atoms in total. The van der Waals surface area contributed by atoms with E-state index < -0.39 is 5.97 Å². The van der Waals surface area contributed by atoms with Gasteiger partial charge >= 0.3 is 5.97 Å². The SMILES string of the molecule is CCOC(=O)CC(=O)c1cnc(C)nc1. The van der Waals surface area contributed by atoms with Gasteiger partial charge in [-0.05, 0) is 13.8 Å². The third-order valence-electron chi connectivity index (χ3n) is 1.71. The minimum absolute atomic E-state index is 0.264. The molecule has 1 aromatic heterocycles. The molecule has 0 aliphatic carbocycles. The van der Waals surface area contributed by atoms with Crippen molar-refractivity contribution in [3.05, 3.63) is 23.8 Å². The monoisotopic (exact) mass is 208 g/mol. The summed E-state index contributed by atoms with van der Waals surface area (Å²) in [5, 5.41) is 0. The van der Waals surface area contributed by atoms with Gasteiger partial charge < -0.3 is 4.74 Å². The lowest BCUT2D eigenvalue weighted by atomic mass is 10.2. The molecule has 0 fully saturated rings. The molecule has 0 spiro atoms. The Labute approximate surface area is 87.5 Å². The second kappa shape index (κ2) is 5.19. The maximum atomic E-state index is 11.5. The third-order valence-corrected chi connectivity index (χ3v) is 1.71. The summed E-state index contributed by atoms with van der Waals surface area (Å²) < 4.78 is 4.66. The zero-order valence-corrected chi connectivity index (χ0v) is 8.69. The number of rotatable bonds is 4. The lowest BCUT2D eigenvalue weighted by Crippen LogP contribution is -2.12. The Balaban J connectivity index is 2.61. The molecule has 0 atom stereocenters. The Bertz CT molecular complexity index is 359. The van der Waals surface area contributed by atoms with E-state index in [-0.39, 0.29) is 18.8 Å². The lowest BCUT2D eigenvalue weighted by molar-refractivity contribution is -0.141. The minimum atomic E-state index is -0.525. The van der Waals surface area contributed by atoms with Crippen LogP contribution < -0.4 is 0 Å². The Kier molecular flexibility index (Phi) is 3.91. The van der Waals surface area contributed by atoms with E-state index in [2.05, 4.69) is 14.7 Å². The number of esters is 1. The van der Waals surface area contributed by atoms with Crippen molar-refractivity contribution < 1.29 is 14.3 Å². The van der Waals surface area contributed by atoms with Crippen LogP contribution in [0, 0.1) is 6.92 Å². The molecule has 0 unspecified atom stereocenters. The largest absolute Gasteiger partial charge is 0.466 e. The average molecular weight is 208 g/mol. The fourth-order valence-corrected chi connectivity index (χ4v) is 0.982. The van der Waals surface area contributed by atoms with Crippen molar-refractivity contribution >= 4 is 11.8 Å². The Morgan fingerprint density at radius 3 is 2.47 bits per heavy atom. The number of carbonyl (C=O) groups is 2. The van der Waals surface area contributed by atoms with Crippen LogP contribution in [0.25, 0.3) is 0 Å². The zero-order chi connectivity index (χ0) is 11.3. The topological polar surface area (TPSA) is 69.2 Å². The molecule has 0 N–H and O–H groups in total. The number of hydrogen-bond acceptors (Lipinski definition) is 5. The highest BCUT2D eigenvalue weighted by Gasteiger charge is 2.12. The second-order valence-corrected chi connectivity index (χ2v) is 2.92. The minimum Gasteiger partial charge on any atom is -0.466 e. The summed E-state index contributed by atoms with van der Waals surface area (Å²) in [6, 6.07) is 0. The van der Waals surface area contributed by atoms with Crippen LogP contribution in [0.2, 0.25) is 0 Å². The Hall–Kier alpha value is -1.78. The van der Waals surface area contributed by atoms with Crippen LogP contribution in [0.15, 0.2) is 12.4 Å². The molecular weight excluding hydrogens is 196 g/mol. The van der Waals surface area contributed by atoms with Crippen LogP contribution in [0.3, 0.4) is 0 Å². The smallest absolute Gasteiger partial charge is 0.313 e. The second-order valence-electron chi connectivity index (χ2n) is 2.92. The first-order valence-corrected chi connectivity index (χ1v) is 4.61. The van der Waals surface area contributed by atoms with Crippen molar-refractivity contribution in [2.45, 2.75) is 20.3 Å². The molecule has 0 bridgehead atoms. The average Bonchev–Trinajstić information content (AvgIpc) is 2.18. The van der Waals surface area contributed by atoms with Gasteiger partial charge in [0.05, 0.1) is 12.2 Å². The molecule has 0 aliphatic rings. The first kappa shape index (κ1) is 11.3. The molecule has 0 radical (unpaired) electrons. The normalized spacial score (nSPS) is 9.73. The summed E-state index contributed by atoms with van der Waals surface area (Å²) in [5.41, 5.74) is 0.327. The Morgan fingerprint density at radius 2 is 1.93 bits per heavy atom. The van der Waals surface area contributed by atoms with Crippen molar-refractivity contribution in [1.82, 2.24) is 9.97 Å². The van der Waals surface area contributed by atoms with Crippen molar-refractivity contribution in [3.8, 4) is 0 Å². The standard InChI is InChI=1S/C10H12N2O3/c1-3-15-10(14)4-9(13)8-5-11-7(2)12-6-8/h5-6H,3-4H2,1-2H3. The third kappa shape index (κ3) is 3.46. The Morgan fingerprint density at radius 1 is 1.33 bits per heavy atom. The number of Topliss-reactive ketones (excluding diaryl/α,β-unsaturated/α-hetero) is 1. The number of ether oxygens (including phenoxy) is 1. The van der Waals surface area contributed by atoms with E-state index >= 15 is 0 Å². The zero-order valence-electron chi connectivity index (χ0n) is 8.69. The molecule has 0 aromatic carbocycles. The van der Waals surface area contributed by atoms with Gasteiger partial charge in [-0.2, -0.15) is 0 Å². The molecule has 1 rings (SSSR count). The van der Waals surface area contributed by atoms with E-state index in [1.54, 1.807) is 13.8 Å². The summed E-state index contributed by atoms with van der Waals surface area (Å²) >= 11 is 0. The van der Waals surface area contributed by atoms with Gasteiger partial charge in [-0.15, -0.1) is 0 Å². The number of carbonyl (C=O) groups excluding carboxylic acids is 2. The first-order valence-electron chi connectivity index (χ1n) is 4.61. The maximum Gasteiger partial charge on any atom is 0.313 e. The molecule has 0 aliphatic heterocycles. The number of aromatic nitrogens is 2.